The number of hydrogen-bond donors (Lipinski definition) is 3. The van der Waals surface area contributed by atoms with Crippen LogP contribution in [0.5, 0.6) is 0 Å². The Labute approximate surface area is 139 Å². The molecule has 0 unspecified atom stereocenters. The van der Waals surface area contributed by atoms with E-state index in [4.69, 9.17) is 5.84 Å². The summed E-state index contributed by atoms with van der Waals surface area (Å²) in [4.78, 5) is 11.5. The Hall–Kier alpha value is -3.28. The van der Waals surface area contributed by atoms with E-state index >= 15 is 0 Å². The maximum Gasteiger partial charge on any atom is 0.143 e. The average molecular weight is 322 g/mol. The fourth-order valence-corrected chi connectivity index (χ4v) is 2.95. The third-order valence-electron chi connectivity index (χ3n) is 4.09. The maximum atomic E-state index is 11.5. The molecule has 0 aliphatic carbocycles. The first kappa shape index (κ1) is 15.6. The van der Waals surface area contributed by atoms with Gasteiger partial charge in [0.15, 0.2) is 0 Å². The Morgan fingerprint density at radius 1 is 1.29 bits per heavy atom. The number of para-hydroxylation sites is 1. The smallest absolute Gasteiger partial charge is 0.143 e. The lowest BCUT2D eigenvalue weighted by Crippen LogP contribution is -2.12. The van der Waals surface area contributed by atoms with Crippen LogP contribution in [0.25, 0.3) is 16.5 Å². The van der Waals surface area contributed by atoms with Crippen LogP contribution in [0.15, 0.2) is 53.9 Å². The highest BCUT2D eigenvalue weighted by Gasteiger charge is 2.22. The third kappa shape index (κ3) is 2.28. The molecule has 1 aromatic heterocycles. The fraction of sp³-hybridized carbons (Fsp3) is 0.111. The van der Waals surface area contributed by atoms with Crippen LogP contribution >= 0.6 is 0 Å². The SMILES string of the molecule is CNc1ccc(C)cc1C(=CO)c1c(N=O)c2ccccc2n1N. The molecule has 24 heavy (non-hydrogen) atoms. The lowest BCUT2D eigenvalue weighted by molar-refractivity contribution is 0.475. The van der Waals surface area contributed by atoms with E-state index in [0.717, 1.165) is 23.1 Å². The first-order valence-corrected chi connectivity index (χ1v) is 7.47. The zero-order valence-electron chi connectivity index (χ0n) is 13.4. The first-order chi connectivity index (χ1) is 11.6. The normalized spacial score (nSPS) is 11.7. The van der Waals surface area contributed by atoms with Gasteiger partial charge in [-0.1, -0.05) is 29.8 Å². The lowest BCUT2D eigenvalue weighted by atomic mass is 9.98. The monoisotopic (exact) mass is 322 g/mol. The van der Waals surface area contributed by atoms with E-state index in [1.165, 1.54) is 4.68 Å². The number of nitrogen functional groups attached to an aromatic ring is 1. The second kappa shape index (κ2) is 6.08. The van der Waals surface area contributed by atoms with E-state index in [0.29, 0.717) is 22.2 Å². The summed E-state index contributed by atoms with van der Waals surface area (Å²) >= 11 is 0. The van der Waals surface area contributed by atoms with Crippen molar-refractivity contribution in [3.05, 3.63) is 70.5 Å². The number of rotatable bonds is 4. The van der Waals surface area contributed by atoms with E-state index in [9.17, 15) is 10.0 Å². The van der Waals surface area contributed by atoms with E-state index in [-0.39, 0.29) is 5.69 Å². The molecule has 0 radical (unpaired) electrons. The molecule has 3 rings (SSSR count). The van der Waals surface area contributed by atoms with Crippen LogP contribution in [0.3, 0.4) is 0 Å². The van der Waals surface area contributed by atoms with Gasteiger partial charge in [0.05, 0.1) is 11.8 Å². The van der Waals surface area contributed by atoms with E-state index in [1.807, 2.05) is 37.3 Å². The molecule has 0 aliphatic heterocycles. The Morgan fingerprint density at radius 2 is 2.04 bits per heavy atom. The second-order valence-corrected chi connectivity index (χ2v) is 5.52. The highest BCUT2D eigenvalue weighted by molar-refractivity contribution is 6.01. The Balaban J connectivity index is 2.35. The van der Waals surface area contributed by atoms with Crippen molar-refractivity contribution in [3.63, 3.8) is 0 Å². The molecular formula is C18H18N4O2. The van der Waals surface area contributed by atoms with Gasteiger partial charge >= 0.3 is 0 Å². The molecule has 1 heterocycles. The van der Waals surface area contributed by atoms with Crippen LogP contribution in [-0.4, -0.2) is 16.8 Å². The van der Waals surface area contributed by atoms with Crippen LogP contribution in [0, 0.1) is 11.8 Å². The van der Waals surface area contributed by atoms with Gasteiger partial charge < -0.3 is 16.3 Å². The van der Waals surface area contributed by atoms with Crippen molar-refractivity contribution in [2.75, 3.05) is 18.2 Å². The van der Waals surface area contributed by atoms with Crippen molar-refractivity contribution in [2.45, 2.75) is 6.92 Å². The van der Waals surface area contributed by atoms with Gasteiger partial charge in [-0.2, -0.15) is 0 Å². The van der Waals surface area contributed by atoms with Crippen LogP contribution in [-0.2, 0) is 0 Å². The number of aliphatic hydroxyl groups is 1. The van der Waals surface area contributed by atoms with E-state index < -0.39 is 0 Å². The van der Waals surface area contributed by atoms with Gasteiger partial charge in [0, 0.05) is 29.3 Å². The molecule has 0 bridgehead atoms. The second-order valence-electron chi connectivity index (χ2n) is 5.52. The molecule has 122 valence electrons. The number of hydrogen-bond acceptors (Lipinski definition) is 5. The maximum absolute atomic E-state index is 11.5. The van der Waals surface area contributed by atoms with Crippen LogP contribution < -0.4 is 11.2 Å². The number of nitrogens with one attached hydrogen (secondary N) is 1. The fourth-order valence-electron chi connectivity index (χ4n) is 2.95. The number of anilines is 1. The van der Waals surface area contributed by atoms with Crippen molar-refractivity contribution in [2.24, 2.45) is 5.18 Å². The summed E-state index contributed by atoms with van der Waals surface area (Å²) in [7, 11) is 1.79. The quantitative estimate of drug-likeness (QED) is 0.384. The van der Waals surface area contributed by atoms with Crippen molar-refractivity contribution in [1.82, 2.24) is 4.68 Å². The minimum Gasteiger partial charge on any atom is -0.515 e. The third-order valence-corrected chi connectivity index (χ3v) is 4.09. The predicted octanol–water partition coefficient (Wildman–Crippen LogP) is 4.05. The highest BCUT2D eigenvalue weighted by atomic mass is 16.3. The topological polar surface area (TPSA) is 92.6 Å². The number of nitroso groups, excluding NO2 is 1. The molecule has 0 saturated carbocycles. The zero-order chi connectivity index (χ0) is 17.3. The van der Waals surface area contributed by atoms with Crippen molar-refractivity contribution in [3.8, 4) is 0 Å². The summed E-state index contributed by atoms with van der Waals surface area (Å²) < 4.78 is 1.38. The van der Waals surface area contributed by atoms with E-state index in [2.05, 4.69) is 10.5 Å². The minimum atomic E-state index is 0.206. The molecule has 0 spiro atoms. The Bertz CT molecular complexity index is 957. The van der Waals surface area contributed by atoms with Crippen LogP contribution in [0.1, 0.15) is 16.8 Å². The minimum absolute atomic E-state index is 0.206. The molecule has 0 fully saturated rings. The number of benzene rings is 2. The molecule has 6 nitrogen and oxygen atoms in total. The summed E-state index contributed by atoms with van der Waals surface area (Å²) in [6.45, 7) is 1.95. The van der Waals surface area contributed by atoms with Gasteiger partial charge in [0.1, 0.15) is 11.4 Å². The molecule has 0 aliphatic rings. The average Bonchev–Trinajstić information content (AvgIpc) is 2.89. The van der Waals surface area contributed by atoms with Gasteiger partial charge in [-0.15, -0.1) is 4.91 Å². The number of aliphatic hydroxyl groups excluding tert-OH is 1. The molecule has 3 aromatic rings. The predicted molar refractivity (Wildman–Crippen MR) is 98.0 cm³/mol. The van der Waals surface area contributed by atoms with Crippen molar-refractivity contribution in [1.29, 1.82) is 0 Å². The van der Waals surface area contributed by atoms with Crippen molar-refractivity contribution < 1.29 is 5.11 Å². The number of nitrogens with two attached hydrogens (primary N) is 1. The van der Waals surface area contributed by atoms with Gasteiger partial charge in [0.2, 0.25) is 0 Å². The molecule has 6 heteroatoms. The molecule has 0 saturated heterocycles. The Morgan fingerprint density at radius 3 is 2.71 bits per heavy atom. The number of nitrogens with zero attached hydrogens (tertiary/aromatic N) is 2. The summed E-state index contributed by atoms with van der Waals surface area (Å²) in [5.41, 5.74) is 4.23. The van der Waals surface area contributed by atoms with Crippen molar-refractivity contribution >= 4 is 27.9 Å². The molecule has 0 atom stereocenters. The van der Waals surface area contributed by atoms with Gasteiger partial charge in [-0.3, -0.25) is 4.68 Å². The van der Waals surface area contributed by atoms with Gasteiger partial charge in [0.25, 0.3) is 0 Å². The number of aryl methyl sites for hydroxylation is 1. The van der Waals surface area contributed by atoms with Crippen LogP contribution in [0.2, 0.25) is 0 Å². The summed E-state index contributed by atoms with van der Waals surface area (Å²) in [5, 5.41) is 16.8. The molecule has 2 aromatic carbocycles. The zero-order valence-corrected chi connectivity index (χ0v) is 13.4. The number of fused-ring (bicyclic) bond motifs is 1. The summed E-state index contributed by atoms with van der Waals surface area (Å²) in [6.07, 6.45) is 0.960. The largest absolute Gasteiger partial charge is 0.515 e. The standard InChI is InChI=1S/C18H18N4O2/c1-11-7-8-15(20-2)13(9-11)14(10-23)18-17(21-24)12-5-3-4-6-16(12)22(18)19/h3-10,20,23H,19H2,1-2H3. The van der Waals surface area contributed by atoms with E-state index in [1.54, 1.807) is 19.2 Å². The Kier molecular flexibility index (Phi) is 3.95. The highest BCUT2D eigenvalue weighted by Crippen LogP contribution is 2.40. The molecular weight excluding hydrogens is 304 g/mol. The molecule has 0 amide bonds. The summed E-state index contributed by atoms with van der Waals surface area (Å²) in [6, 6.07) is 13.0. The lowest BCUT2D eigenvalue weighted by Gasteiger charge is -2.14. The first-order valence-electron chi connectivity index (χ1n) is 7.47. The van der Waals surface area contributed by atoms with Crippen LogP contribution in [0.4, 0.5) is 11.4 Å². The molecule has 4 N–H and O–H groups in total. The summed E-state index contributed by atoms with van der Waals surface area (Å²) in [5.74, 6) is 6.20. The van der Waals surface area contributed by atoms with Gasteiger partial charge in [-0.25, -0.2) is 0 Å². The van der Waals surface area contributed by atoms with Gasteiger partial charge in [-0.05, 0) is 30.3 Å². The number of aromatic nitrogens is 1.